The number of aromatic nitrogens is 2. The van der Waals surface area contributed by atoms with Crippen molar-refractivity contribution in [3.8, 4) is 11.5 Å². The second-order valence-corrected chi connectivity index (χ2v) is 7.83. The number of ether oxygens (including phenoxy) is 1. The van der Waals surface area contributed by atoms with Crippen molar-refractivity contribution < 1.29 is 14.6 Å². The van der Waals surface area contributed by atoms with Crippen LogP contribution in [0.15, 0.2) is 41.6 Å². The predicted octanol–water partition coefficient (Wildman–Crippen LogP) is 3.71. The molecule has 0 fully saturated rings. The molecule has 1 aliphatic heterocycles. The zero-order chi connectivity index (χ0) is 16.8. The number of hydrogen-bond acceptors (Lipinski definition) is 5. The molecule has 1 aliphatic rings. The van der Waals surface area contributed by atoms with Gasteiger partial charge in [-0.1, -0.05) is 23.9 Å². The molecule has 2 heterocycles. The van der Waals surface area contributed by atoms with Gasteiger partial charge in [0.05, 0.1) is 27.0 Å². The molecule has 1 atom stereocenters. The minimum atomic E-state index is -0.220. The first-order valence-corrected chi connectivity index (χ1v) is 9.28. The number of para-hydroxylation sites is 2. The van der Waals surface area contributed by atoms with E-state index in [2.05, 4.69) is 27.6 Å². The molecule has 1 N–H and O–H groups in total. The van der Waals surface area contributed by atoms with Crippen LogP contribution in [0.3, 0.4) is 0 Å². The van der Waals surface area contributed by atoms with Gasteiger partial charge in [-0.3, -0.25) is 9.36 Å². The quantitative estimate of drug-likeness (QED) is 0.614. The number of carbonyl (C=O) groups excluding carboxylic acids is 1. The summed E-state index contributed by atoms with van der Waals surface area (Å²) in [7, 11) is 1.52. The normalized spacial score (nSPS) is 16.6. The summed E-state index contributed by atoms with van der Waals surface area (Å²) >= 11 is 3.55. The Hall–Kier alpha value is -1.74. The second kappa shape index (κ2) is 5.96. The van der Waals surface area contributed by atoms with Gasteiger partial charge in [0, 0.05) is 0 Å². The Bertz CT molecular complexity index is 970. The lowest BCUT2D eigenvalue weighted by atomic mass is 10.1. The number of rotatable bonds is 3. The number of phenols is 1. The van der Waals surface area contributed by atoms with Crippen molar-refractivity contribution in [3.63, 3.8) is 0 Å². The van der Waals surface area contributed by atoms with Crippen LogP contribution in [-0.2, 0) is 6.42 Å². The average Bonchev–Trinajstić information content (AvgIpc) is 3.07. The number of benzene rings is 2. The predicted molar refractivity (Wildman–Crippen MR) is 101 cm³/mol. The minimum absolute atomic E-state index is 0.0470. The lowest BCUT2D eigenvalue weighted by Gasteiger charge is -2.11. The third-order valence-electron chi connectivity index (χ3n) is 4.00. The number of carbonyl (C=O) groups is 1. The van der Waals surface area contributed by atoms with Crippen LogP contribution in [0, 0.1) is 3.57 Å². The third kappa shape index (κ3) is 2.46. The zero-order valence-corrected chi connectivity index (χ0v) is 15.7. The topological polar surface area (TPSA) is 64.4 Å². The van der Waals surface area contributed by atoms with Gasteiger partial charge in [0.1, 0.15) is 0 Å². The summed E-state index contributed by atoms with van der Waals surface area (Å²) in [6, 6.07) is 11.3. The summed E-state index contributed by atoms with van der Waals surface area (Å²) in [4.78, 5) is 17.3. The Morgan fingerprint density at radius 3 is 2.96 bits per heavy atom. The van der Waals surface area contributed by atoms with Gasteiger partial charge in [0.25, 0.3) is 0 Å². The first-order valence-electron chi connectivity index (χ1n) is 7.32. The first kappa shape index (κ1) is 15.8. The highest BCUT2D eigenvalue weighted by Gasteiger charge is 2.34. The smallest absolute Gasteiger partial charge is 0.247 e. The van der Waals surface area contributed by atoms with Crippen LogP contribution in [0.5, 0.6) is 11.5 Å². The molecule has 0 radical (unpaired) electrons. The molecule has 5 nitrogen and oxygen atoms in total. The van der Waals surface area contributed by atoms with Gasteiger partial charge in [-0.25, -0.2) is 4.98 Å². The Labute approximate surface area is 156 Å². The second-order valence-electron chi connectivity index (χ2n) is 5.50. The van der Waals surface area contributed by atoms with Crippen molar-refractivity contribution >= 4 is 51.3 Å². The average molecular weight is 452 g/mol. The van der Waals surface area contributed by atoms with E-state index in [9.17, 15) is 9.90 Å². The number of thioether (sulfide) groups is 1. The van der Waals surface area contributed by atoms with E-state index in [1.54, 1.807) is 10.6 Å². The molecular weight excluding hydrogens is 439 g/mol. The number of nitrogens with zero attached hydrogens (tertiary/aromatic N) is 2. The van der Waals surface area contributed by atoms with Gasteiger partial charge in [0.2, 0.25) is 5.91 Å². The number of methoxy groups -OCH3 is 1. The number of imidazole rings is 1. The van der Waals surface area contributed by atoms with Crippen molar-refractivity contribution in [1.82, 2.24) is 9.55 Å². The van der Waals surface area contributed by atoms with Crippen molar-refractivity contribution in [1.29, 1.82) is 0 Å². The molecule has 0 spiro atoms. The number of halogens is 1. The minimum Gasteiger partial charge on any atom is -0.504 e. The Balaban J connectivity index is 1.65. The summed E-state index contributed by atoms with van der Waals surface area (Å²) in [5.74, 6) is 0.604. The van der Waals surface area contributed by atoms with Gasteiger partial charge in [-0.15, -0.1) is 0 Å². The fourth-order valence-electron chi connectivity index (χ4n) is 2.86. The first-order chi connectivity index (χ1) is 11.6. The lowest BCUT2D eigenvalue weighted by molar-refractivity contribution is 0.0914. The van der Waals surface area contributed by atoms with Crippen LogP contribution >= 0.6 is 34.4 Å². The summed E-state index contributed by atoms with van der Waals surface area (Å²) in [5, 5.41) is 10.5. The number of phenolic OH excluding ortho intramolecular Hbond substituents is 1. The molecule has 1 aromatic heterocycles. The summed E-state index contributed by atoms with van der Waals surface area (Å²) < 4.78 is 7.61. The van der Waals surface area contributed by atoms with Gasteiger partial charge in [0.15, 0.2) is 16.7 Å². The van der Waals surface area contributed by atoms with E-state index < -0.39 is 0 Å². The maximum Gasteiger partial charge on any atom is 0.247 e. The standard InChI is InChI=1S/C17H13IN2O3S/c1-23-13-7-9(6-10(18)15(13)21)8-14-16(22)20-12-5-3-2-4-11(12)19-17(20)24-14/h2-7,14,21H,8H2,1H3. The van der Waals surface area contributed by atoms with Crippen LogP contribution in [0.4, 0.5) is 0 Å². The fraction of sp³-hybridized carbons (Fsp3) is 0.176. The molecule has 1 unspecified atom stereocenters. The SMILES string of the molecule is COc1cc(CC2Sc3nc4ccccc4n3C2=O)cc(I)c1O. The van der Waals surface area contributed by atoms with Crippen molar-refractivity contribution in [2.45, 2.75) is 16.8 Å². The highest BCUT2D eigenvalue weighted by atomic mass is 127. The number of aromatic hydroxyl groups is 1. The van der Waals surface area contributed by atoms with Crippen molar-refractivity contribution in [2.24, 2.45) is 0 Å². The van der Waals surface area contributed by atoms with Crippen molar-refractivity contribution in [2.75, 3.05) is 7.11 Å². The molecule has 122 valence electrons. The molecule has 4 rings (SSSR count). The summed E-state index contributed by atoms with van der Waals surface area (Å²) in [6.45, 7) is 0. The van der Waals surface area contributed by atoms with E-state index in [1.165, 1.54) is 18.9 Å². The monoisotopic (exact) mass is 452 g/mol. The van der Waals surface area contributed by atoms with E-state index in [4.69, 9.17) is 4.74 Å². The maximum absolute atomic E-state index is 12.8. The molecule has 0 saturated heterocycles. The van der Waals surface area contributed by atoms with E-state index in [-0.39, 0.29) is 16.9 Å². The molecule has 2 aromatic carbocycles. The maximum atomic E-state index is 12.8. The third-order valence-corrected chi connectivity index (χ3v) is 5.96. The fourth-order valence-corrected chi connectivity index (χ4v) is 4.71. The summed E-state index contributed by atoms with van der Waals surface area (Å²) in [6.07, 6.45) is 0.563. The molecular formula is C17H13IN2O3S. The Morgan fingerprint density at radius 2 is 2.17 bits per heavy atom. The molecule has 0 bridgehead atoms. The lowest BCUT2D eigenvalue weighted by Crippen LogP contribution is -2.20. The van der Waals surface area contributed by atoms with Gasteiger partial charge < -0.3 is 9.84 Å². The highest BCUT2D eigenvalue weighted by Crippen LogP contribution is 2.38. The van der Waals surface area contributed by atoms with E-state index in [0.29, 0.717) is 15.7 Å². The molecule has 24 heavy (non-hydrogen) atoms. The zero-order valence-electron chi connectivity index (χ0n) is 12.7. The number of fused-ring (bicyclic) bond motifs is 3. The molecule has 0 saturated carbocycles. The van der Waals surface area contributed by atoms with Gasteiger partial charge in [-0.2, -0.15) is 0 Å². The van der Waals surface area contributed by atoms with E-state index in [0.717, 1.165) is 21.8 Å². The molecule has 0 aliphatic carbocycles. The van der Waals surface area contributed by atoms with Crippen LogP contribution in [-0.4, -0.2) is 32.9 Å². The van der Waals surface area contributed by atoms with E-state index >= 15 is 0 Å². The van der Waals surface area contributed by atoms with Crippen molar-refractivity contribution in [3.05, 3.63) is 45.5 Å². The van der Waals surface area contributed by atoms with E-state index in [1.807, 2.05) is 30.3 Å². The van der Waals surface area contributed by atoms with Crippen LogP contribution in [0.25, 0.3) is 11.0 Å². The number of hydrogen-bond donors (Lipinski definition) is 1. The Morgan fingerprint density at radius 1 is 1.38 bits per heavy atom. The largest absolute Gasteiger partial charge is 0.504 e. The molecule has 3 aromatic rings. The molecule has 0 amide bonds. The van der Waals surface area contributed by atoms with Gasteiger partial charge >= 0.3 is 0 Å². The highest BCUT2D eigenvalue weighted by molar-refractivity contribution is 14.1. The van der Waals surface area contributed by atoms with Crippen LogP contribution < -0.4 is 4.74 Å². The molecule has 7 heteroatoms. The van der Waals surface area contributed by atoms with Crippen LogP contribution in [0.1, 0.15) is 10.4 Å². The van der Waals surface area contributed by atoms with Gasteiger partial charge in [-0.05, 0) is 58.8 Å². The van der Waals surface area contributed by atoms with Crippen LogP contribution in [0.2, 0.25) is 0 Å². The Kier molecular flexibility index (Phi) is 3.92. The summed E-state index contributed by atoms with van der Waals surface area (Å²) in [5.41, 5.74) is 2.65.